The number of alkyl halides is 3. The maximum atomic E-state index is 12.7. The zero-order valence-corrected chi connectivity index (χ0v) is 14.8. The SMILES string of the molecule is Cl.O=C(Cc1cccc(C(F)(F)F)c1)N1CCC(NCC2CC2)CC1. The Bertz CT molecular complexity index is 582. The zero-order valence-electron chi connectivity index (χ0n) is 14.0. The summed E-state index contributed by atoms with van der Waals surface area (Å²) in [6.45, 7) is 2.43. The molecule has 0 radical (unpaired) electrons. The van der Waals surface area contributed by atoms with Gasteiger partial charge in [0.2, 0.25) is 5.91 Å². The predicted molar refractivity (Wildman–Crippen MR) is 92.7 cm³/mol. The highest BCUT2D eigenvalue weighted by molar-refractivity contribution is 5.85. The molecule has 0 atom stereocenters. The number of halogens is 4. The van der Waals surface area contributed by atoms with E-state index >= 15 is 0 Å². The van der Waals surface area contributed by atoms with Crippen molar-refractivity contribution >= 4 is 18.3 Å². The minimum absolute atomic E-state index is 0. The smallest absolute Gasteiger partial charge is 0.342 e. The number of nitrogens with one attached hydrogen (secondary N) is 1. The van der Waals surface area contributed by atoms with Gasteiger partial charge in [-0.1, -0.05) is 18.2 Å². The molecule has 1 N–H and O–H groups in total. The van der Waals surface area contributed by atoms with E-state index in [0.29, 0.717) is 24.7 Å². The van der Waals surface area contributed by atoms with Crippen LogP contribution in [0.5, 0.6) is 0 Å². The van der Waals surface area contributed by atoms with E-state index in [1.165, 1.54) is 18.9 Å². The number of likely N-dealkylation sites (tertiary alicyclic amines) is 1. The van der Waals surface area contributed by atoms with Gasteiger partial charge in [-0.05, 0) is 49.8 Å². The van der Waals surface area contributed by atoms with Crippen molar-refractivity contribution in [1.29, 1.82) is 0 Å². The third-order valence-corrected chi connectivity index (χ3v) is 4.85. The van der Waals surface area contributed by atoms with E-state index in [9.17, 15) is 18.0 Å². The minimum atomic E-state index is -4.37. The second-order valence-corrected chi connectivity index (χ2v) is 6.88. The number of benzene rings is 1. The molecule has 3 nitrogen and oxygen atoms in total. The van der Waals surface area contributed by atoms with Gasteiger partial charge in [-0.3, -0.25) is 4.79 Å². The highest BCUT2D eigenvalue weighted by Gasteiger charge is 2.31. The number of hydrogen-bond acceptors (Lipinski definition) is 2. The Hall–Kier alpha value is -1.27. The van der Waals surface area contributed by atoms with Crippen molar-refractivity contribution in [2.45, 2.75) is 44.3 Å². The first kappa shape index (κ1) is 20.0. The summed E-state index contributed by atoms with van der Waals surface area (Å²) in [7, 11) is 0. The fourth-order valence-corrected chi connectivity index (χ4v) is 3.13. The summed E-state index contributed by atoms with van der Waals surface area (Å²) in [5.74, 6) is 0.750. The van der Waals surface area contributed by atoms with Crippen LogP contribution in [0.3, 0.4) is 0 Å². The molecule has 1 aromatic carbocycles. The van der Waals surface area contributed by atoms with Crippen LogP contribution in [0.1, 0.15) is 36.8 Å². The van der Waals surface area contributed by atoms with Crippen LogP contribution in [0, 0.1) is 5.92 Å². The Kier molecular flexibility index (Phi) is 6.74. The number of carbonyl (C=O) groups is 1. The predicted octanol–water partition coefficient (Wildman–Crippen LogP) is 3.66. The number of rotatable bonds is 5. The van der Waals surface area contributed by atoms with Crippen molar-refractivity contribution in [2.75, 3.05) is 19.6 Å². The summed E-state index contributed by atoms with van der Waals surface area (Å²) in [5.41, 5.74) is -0.278. The van der Waals surface area contributed by atoms with Crippen LogP contribution >= 0.6 is 12.4 Å². The van der Waals surface area contributed by atoms with E-state index < -0.39 is 11.7 Å². The van der Waals surface area contributed by atoms with Crippen LogP contribution in [-0.4, -0.2) is 36.5 Å². The molecule has 2 aliphatic rings. The molecule has 2 fully saturated rings. The fourth-order valence-electron chi connectivity index (χ4n) is 3.13. The molecule has 1 amide bonds. The Morgan fingerprint density at radius 1 is 1.16 bits per heavy atom. The first-order valence-corrected chi connectivity index (χ1v) is 8.59. The average molecular weight is 377 g/mol. The summed E-state index contributed by atoms with van der Waals surface area (Å²) in [6.07, 6.45) is 0.138. The van der Waals surface area contributed by atoms with E-state index in [0.717, 1.165) is 37.4 Å². The first-order valence-electron chi connectivity index (χ1n) is 8.59. The Labute approximate surface area is 152 Å². The highest BCUT2D eigenvalue weighted by atomic mass is 35.5. The van der Waals surface area contributed by atoms with Crippen molar-refractivity contribution in [1.82, 2.24) is 10.2 Å². The molecule has 1 aromatic rings. The highest BCUT2D eigenvalue weighted by Crippen LogP contribution is 2.30. The molecule has 1 aliphatic heterocycles. The van der Waals surface area contributed by atoms with Gasteiger partial charge in [0.05, 0.1) is 12.0 Å². The molecular weight excluding hydrogens is 353 g/mol. The molecule has 0 aromatic heterocycles. The quantitative estimate of drug-likeness (QED) is 0.850. The lowest BCUT2D eigenvalue weighted by molar-refractivity contribution is -0.138. The lowest BCUT2D eigenvalue weighted by Crippen LogP contribution is -2.45. The third kappa shape index (κ3) is 5.89. The third-order valence-electron chi connectivity index (χ3n) is 4.85. The van der Waals surface area contributed by atoms with Gasteiger partial charge in [0.25, 0.3) is 0 Å². The molecule has 140 valence electrons. The molecule has 25 heavy (non-hydrogen) atoms. The maximum Gasteiger partial charge on any atom is 0.416 e. The molecular formula is C18H24ClF3N2O. The molecule has 1 aliphatic carbocycles. The van der Waals surface area contributed by atoms with Crippen LogP contribution in [0.2, 0.25) is 0 Å². The van der Waals surface area contributed by atoms with Gasteiger partial charge in [0.15, 0.2) is 0 Å². The number of hydrogen-bond donors (Lipinski definition) is 1. The van der Waals surface area contributed by atoms with Crippen LogP contribution in [0.15, 0.2) is 24.3 Å². The lowest BCUT2D eigenvalue weighted by atomic mass is 10.0. The lowest BCUT2D eigenvalue weighted by Gasteiger charge is -2.32. The van der Waals surface area contributed by atoms with E-state index in [1.54, 1.807) is 11.0 Å². The number of piperidine rings is 1. The molecule has 0 bridgehead atoms. The fraction of sp³-hybridized carbons (Fsp3) is 0.611. The van der Waals surface area contributed by atoms with Gasteiger partial charge >= 0.3 is 6.18 Å². The van der Waals surface area contributed by atoms with Crippen LogP contribution in [0.25, 0.3) is 0 Å². The number of nitrogens with zero attached hydrogens (tertiary/aromatic N) is 1. The topological polar surface area (TPSA) is 32.3 Å². The molecule has 0 spiro atoms. The van der Waals surface area contributed by atoms with E-state index in [1.807, 2.05) is 0 Å². The Balaban J connectivity index is 0.00000225. The maximum absolute atomic E-state index is 12.7. The number of carbonyl (C=O) groups excluding carboxylic acids is 1. The van der Waals surface area contributed by atoms with Gasteiger partial charge in [-0.25, -0.2) is 0 Å². The largest absolute Gasteiger partial charge is 0.416 e. The summed E-state index contributed by atoms with van der Waals surface area (Å²) in [6, 6.07) is 5.51. The number of amides is 1. The second kappa shape index (κ2) is 8.41. The van der Waals surface area contributed by atoms with Crippen molar-refractivity contribution < 1.29 is 18.0 Å². The van der Waals surface area contributed by atoms with E-state index in [4.69, 9.17) is 0 Å². The van der Waals surface area contributed by atoms with E-state index in [2.05, 4.69) is 5.32 Å². The Morgan fingerprint density at radius 3 is 2.44 bits per heavy atom. The zero-order chi connectivity index (χ0) is 17.2. The molecule has 0 unspecified atom stereocenters. The molecule has 1 saturated carbocycles. The molecule has 7 heteroatoms. The Morgan fingerprint density at radius 2 is 1.84 bits per heavy atom. The van der Waals surface area contributed by atoms with Gasteiger partial charge < -0.3 is 10.2 Å². The van der Waals surface area contributed by atoms with Crippen molar-refractivity contribution in [3.05, 3.63) is 35.4 Å². The molecule has 1 saturated heterocycles. The second-order valence-electron chi connectivity index (χ2n) is 6.88. The van der Waals surface area contributed by atoms with Crippen molar-refractivity contribution in [3.63, 3.8) is 0 Å². The van der Waals surface area contributed by atoms with Crippen molar-refractivity contribution in [3.8, 4) is 0 Å². The van der Waals surface area contributed by atoms with Crippen molar-refractivity contribution in [2.24, 2.45) is 5.92 Å². The van der Waals surface area contributed by atoms with Gasteiger partial charge in [-0.15, -0.1) is 12.4 Å². The first-order chi connectivity index (χ1) is 11.4. The van der Waals surface area contributed by atoms with Crippen LogP contribution < -0.4 is 5.32 Å². The summed E-state index contributed by atoms with van der Waals surface area (Å²) in [4.78, 5) is 14.1. The summed E-state index contributed by atoms with van der Waals surface area (Å²) >= 11 is 0. The molecule has 1 heterocycles. The van der Waals surface area contributed by atoms with Gasteiger partial charge in [0, 0.05) is 19.1 Å². The molecule has 3 rings (SSSR count). The van der Waals surface area contributed by atoms with Crippen LogP contribution in [-0.2, 0) is 17.4 Å². The van der Waals surface area contributed by atoms with Gasteiger partial charge in [0.1, 0.15) is 0 Å². The minimum Gasteiger partial charge on any atom is -0.342 e. The monoisotopic (exact) mass is 376 g/mol. The van der Waals surface area contributed by atoms with E-state index in [-0.39, 0.29) is 24.7 Å². The standard InChI is InChI=1S/C18H23F3N2O.ClH/c19-18(20,21)15-3-1-2-14(10-15)11-17(24)23-8-6-16(7-9-23)22-12-13-4-5-13;/h1-3,10,13,16,22H,4-9,11-12H2;1H. The summed E-state index contributed by atoms with van der Waals surface area (Å²) < 4.78 is 38.2. The summed E-state index contributed by atoms with van der Waals surface area (Å²) in [5, 5.41) is 3.55. The average Bonchev–Trinajstić information content (AvgIpc) is 3.37. The van der Waals surface area contributed by atoms with Gasteiger partial charge in [-0.2, -0.15) is 13.2 Å². The van der Waals surface area contributed by atoms with Crippen LogP contribution in [0.4, 0.5) is 13.2 Å². The normalized spacial score (nSPS) is 18.8.